The molecule has 4 rings (SSSR count). The van der Waals surface area contributed by atoms with Crippen LogP contribution in [0.25, 0.3) is 0 Å². The SMILES string of the molecule is CO[C@H](C)c1noc(CN2CCCN(Cc3cc(Cl)c4c(c3)OCCCO4)CC2)n1. The Bertz CT molecular complexity index is 846. The van der Waals surface area contributed by atoms with Crippen LogP contribution in [0.2, 0.25) is 5.02 Å². The molecule has 1 saturated heterocycles. The summed E-state index contributed by atoms with van der Waals surface area (Å²) in [5.41, 5.74) is 1.15. The van der Waals surface area contributed by atoms with E-state index < -0.39 is 0 Å². The number of halogens is 1. The number of hydrogen-bond donors (Lipinski definition) is 0. The zero-order valence-corrected chi connectivity index (χ0v) is 18.4. The average Bonchev–Trinajstić information content (AvgIpc) is 2.92. The van der Waals surface area contributed by atoms with E-state index in [0.717, 1.165) is 56.9 Å². The Morgan fingerprint density at radius 3 is 2.63 bits per heavy atom. The second-order valence-electron chi connectivity index (χ2n) is 7.79. The van der Waals surface area contributed by atoms with Crippen LogP contribution < -0.4 is 9.47 Å². The molecule has 0 aliphatic carbocycles. The van der Waals surface area contributed by atoms with Gasteiger partial charge in [-0.15, -0.1) is 0 Å². The van der Waals surface area contributed by atoms with E-state index in [1.807, 2.05) is 13.0 Å². The van der Waals surface area contributed by atoms with Crippen molar-refractivity contribution in [1.82, 2.24) is 19.9 Å². The lowest BCUT2D eigenvalue weighted by atomic mass is 10.2. The second kappa shape index (κ2) is 9.96. The summed E-state index contributed by atoms with van der Waals surface area (Å²) in [5.74, 6) is 2.65. The van der Waals surface area contributed by atoms with E-state index >= 15 is 0 Å². The molecule has 0 spiro atoms. The van der Waals surface area contributed by atoms with Crippen LogP contribution in [0.5, 0.6) is 11.5 Å². The van der Waals surface area contributed by atoms with Gasteiger partial charge in [-0.3, -0.25) is 9.80 Å². The topological polar surface area (TPSA) is 73.1 Å². The smallest absolute Gasteiger partial charge is 0.240 e. The van der Waals surface area contributed by atoms with Gasteiger partial charge in [0.15, 0.2) is 17.3 Å². The van der Waals surface area contributed by atoms with Gasteiger partial charge in [-0.05, 0) is 44.1 Å². The summed E-state index contributed by atoms with van der Waals surface area (Å²) in [6, 6.07) is 4.06. The van der Waals surface area contributed by atoms with Crippen LogP contribution >= 0.6 is 11.6 Å². The average molecular weight is 437 g/mol. The van der Waals surface area contributed by atoms with E-state index in [9.17, 15) is 0 Å². The Balaban J connectivity index is 1.34. The predicted octanol–water partition coefficient (Wildman–Crippen LogP) is 3.30. The quantitative estimate of drug-likeness (QED) is 0.683. The molecule has 3 heterocycles. The molecule has 2 aliphatic heterocycles. The Morgan fingerprint density at radius 1 is 1.07 bits per heavy atom. The largest absolute Gasteiger partial charge is 0.489 e. The first kappa shape index (κ1) is 21.4. The Kier molecular flexibility index (Phi) is 7.09. The molecule has 0 unspecified atom stereocenters. The molecule has 0 amide bonds. The van der Waals surface area contributed by atoms with Crippen molar-refractivity contribution in [3.63, 3.8) is 0 Å². The number of ether oxygens (including phenoxy) is 3. The summed E-state index contributed by atoms with van der Waals surface area (Å²) in [5, 5.41) is 4.64. The molecule has 0 bridgehead atoms. The normalized spacial score (nSPS) is 19.3. The monoisotopic (exact) mass is 436 g/mol. The van der Waals surface area contributed by atoms with Crippen molar-refractivity contribution in [2.75, 3.05) is 46.5 Å². The van der Waals surface area contributed by atoms with Crippen LogP contribution in [-0.2, 0) is 17.8 Å². The third kappa shape index (κ3) is 5.24. The molecular weight excluding hydrogens is 408 g/mol. The van der Waals surface area contributed by atoms with E-state index in [1.165, 1.54) is 0 Å². The Labute approximate surface area is 182 Å². The molecule has 1 fully saturated rings. The summed E-state index contributed by atoms with van der Waals surface area (Å²) >= 11 is 6.45. The lowest BCUT2D eigenvalue weighted by Crippen LogP contribution is -2.30. The summed E-state index contributed by atoms with van der Waals surface area (Å²) < 4.78 is 22.2. The van der Waals surface area contributed by atoms with E-state index in [4.69, 9.17) is 30.3 Å². The second-order valence-corrected chi connectivity index (χ2v) is 8.19. The standard InChI is InChI=1S/C21H29ClN4O4/c1-15(27-2)21-23-19(30-24-21)14-26-6-3-5-25(7-8-26)13-16-11-17(22)20-18(12-16)28-9-4-10-29-20/h11-12,15H,3-10,13-14H2,1-2H3/t15-/m1/s1. The number of rotatable bonds is 6. The van der Waals surface area contributed by atoms with Crippen molar-refractivity contribution in [3.8, 4) is 11.5 Å². The first-order chi connectivity index (χ1) is 14.6. The van der Waals surface area contributed by atoms with E-state index in [0.29, 0.717) is 42.2 Å². The highest BCUT2D eigenvalue weighted by molar-refractivity contribution is 6.32. The van der Waals surface area contributed by atoms with E-state index in [1.54, 1.807) is 7.11 Å². The number of hydrogen-bond acceptors (Lipinski definition) is 8. The van der Waals surface area contributed by atoms with Crippen LogP contribution in [0.4, 0.5) is 0 Å². The molecule has 2 aromatic rings. The lowest BCUT2D eigenvalue weighted by Gasteiger charge is -2.21. The fourth-order valence-electron chi connectivity index (χ4n) is 3.77. The fourth-order valence-corrected chi connectivity index (χ4v) is 4.06. The van der Waals surface area contributed by atoms with Gasteiger partial charge in [0.05, 0.1) is 24.8 Å². The maximum absolute atomic E-state index is 6.45. The number of methoxy groups -OCH3 is 1. The van der Waals surface area contributed by atoms with Gasteiger partial charge in [0.1, 0.15) is 6.10 Å². The van der Waals surface area contributed by atoms with Gasteiger partial charge in [0, 0.05) is 33.2 Å². The van der Waals surface area contributed by atoms with Gasteiger partial charge in [0.2, 0.25) is 5.89 Å². The van der Waals surface area contributed by atoms with Gasteiger partial charge >= 0.3 is 0 Å². The highest BCUT2D eigenvalue weighted by Gasteiger charge is 2.21. The molecule has 8 nitrogen and oxygen atoms in total. The molecule has 1 aromatic heterocycles. The fraction of sp³-hybridized carbons (Fsp3) is 0.619. The number of fused-ring (bicyclic) bond motifs is 1. The molecule has 30 heavy (non-hydrogen) atoms. The van der Waals surface area contributed by atoms with Gasteiger partial charge in [-0.2, -0.15) is 4.98 Å². The van der Waals surface area contributed by atoms with Gasteiger partial charge in [-0.25, -0.2) is 0 Å². The lowest BCUT2D eigenvalue weighted by molar-refractivity contribution is 0.109. The van der Waals surface area contributed by atoms with Crippen molar-refractivity contribution in [2.24, 2.45) is 0 Å². The first-order valence-corrected chi connectivity index (χ1v) is 10.9. The van der Waals surface area contributed by atoms with Crippen molar-refractivity contribution in [1.29, 1.82) is 0 Å². The molecule has 2 aliphatic rings. The van der Waals surface area contributed by atoms with Crippen LogP contribution in [0.3, 0.4) is 0 Å². The molecule has 1 atom stereocenters. The van der Waals surface area contributed by atoms with Crippen molar-refractivity contribution < 1.29 is 18.7 Å². The minimum absolute atomic E-state index is 0.163. The summed E-state index contributed by atoms with van der Waals surface area (Å²) in [6.07, 6.45) is 1.78. The van der Waals surface area contributed by atoms with Crippen molar-refractivity contribution >= 4 is 11.6 Å². The van der Waals surface area contributed by atoms with E-state index in [-0.39, 0.29) is 6.10 Å². The summed E-state index contributed by atoms with van der Waals surface area (Å²) in [7, 11) is 1.64. The highest BCUT2D eigenvalue weighted by atomic mass is 35.5. The predicted molar refractivity (Wildman–Crippen MR) is 112 cm³/mol. The maximum atomic E-state index is 6.45. The minimum atomic E-state index is -0.163. The first-order valence-electron chi connectivity index (χ1n) is 10.5. The zero-order valence-electron chi connectivity index (χ0n) is 17.6. The molecule has 0 radical (unpaired) electrons. The molecular formula is C21H29ClN4O4. The third-order valence-corrected chi connectivity index (χ3v) is 5.79. The van der Waals surface area contributed by atoms with Gasteiger partial charge in [-0.1, -0.05) is 16.8 Å². The Hall–Kier alpha value is -1.87. The number of nitrogens with zero attached hydrogens (tertiary/aromatic N) is 4. The third-order valence-electron chi connectivity index (χ3n) is 5.51. The minimum Gasteiger partial charge on any atom is -0.489 e. The number of benzene rings is 1. The Morgan fingerprint density at radius 2 is 1.83 bits per heavy atom. The molecule has 164 valence electrons. The molecule has 0 N–H and O–H groups in total. The zero-order chi connectivity index (χ0) is 20.9. The molecule has 1 aromatic carbocycles. The van der Waals surface area contributed by atoms with Crippen LogP contribution in [0, 0.1) is 0 Å². The van der Waals surface area contributed by atoms with Crippen molar-refractivity contribution in [2.45, 2.75) is 39.0 Å². The van der Waals surface area contributed by atoms with Gasteiger partial charge in [0.25, 0.3) is 0 Å². The van der Waals surface area contributed by atoms with Crippen LogP contribution in [0.1, 0.15) is 43.1 Å². The molecule has 0 saturated carbocycles. The van der Waals surface area contributed by atoms with E-state index in [2.05, 4.69) is 26.0 Å². The maximum Gasteiger partial charge on any atom is 0.240 e. The van der Waals surface area contributed by atoms with Crippen LogP contribution in [0.15, 0.2) is 16.7 Å². The van der Waals surface area contributed by atoms with Crippen LogP contribution in [-0.4, -0.2) is 66.4 Å². The highest BCUT2D eigenvalue weighted by Crippen LogP contribution is 2.38. The summed E-state index contributed by atoms with van der Waals surface area (Å²) in [6.45, 7) is 8.62. The van der Waals surface area contributed by atoms with Gasteiger partial charge < -0.3 is 18.7 Å². The van der Waals surface area contributed by atoms with Crippen molar-refractivity contribution in [3.05, 3.63) is 34.4 Å². The number of aromatic nitrogens is 2. The summed E-state index contributed by atoms with van der Waals surface area (Å²) in [4.78, 5) is 9.26. The molecule has 9 heteroatoms.